The number of hydrogen-bond acceptors (Lipinski definition) is 6. The SMILES string of the molecule is O=C(C/C=C/c1ccccc1)NC[C@H]1O[C@@H](n2ccc(=O)[nH]c2=O)[C@H](O)[C@@H]1O. The standard InChI is InChI=1S/C19H21N3O6/c23-14(8-4-7-12-5-2-1-3-6-12)20-11-13-16(25)17(26)18(28-13)22-10-9-15(24)21-19(22)27/h1-7,9-10,13,16-18,25-26H,8,11H2,(H,20,23)(H,21,24,27)/b7-4+/t13-,16-,17-,18-/m1/s1. The molecule has 1 saturated heterocycles. The Hall–Kier alpha value is -3.01. The van der Waals surface area contributed by atoms with Gasteiger partial charge < -0.3 is 20.3 Å². The average molecular weight is 387 g/mol. The van der Waals surface area contributed by atoms with Crippen molar-refractivity contribution in [3.8, 4) is 0 Å². The van der Waals surface area contributed by atoms with E-state index in [-0.39, 0.29) is 18.9 Å². The zero-order chi connectivity index (χ0) is 20.1. The molecule has 2 aromatic rings. The molecule has 4 atom stereocenters. The number of nitrogens with one attached hydrogen (secondary N) is 2. The number of carbonyl (C=O) groups excluding carboxylic acids is 1. The minimum absolute atomic E-state index is 0.0369. The fourth-order valence-electron chi connectivity index (χ4n) is 2.91. The van der Waals surface area contributed by atoms with Crippen molar-refractivity contribution >= 4 is 12.0 Å². The van der Waals surface area contributed by atoms with Gasteiger partial charge in [-0.1, -0.05) is 42.5 Å². The van der Waals surface area contributed by atoms with E-state index in [4.69, 9.17) is 4.74 Å². The zero-order valence-electron chi connectivity index (χ0n) is 14.9. The van der Waals surface area contributed by atoms with Crippen LogP contribution in [0.5, 0.6) is 0 Å². The van der Waals surface area contributed by atoms with Crippen LogP contribution in [0.25, 0.3) is 6.08 Å². The van der Waals surface area contributed by atoms with Crippen LogP contribution >= 0.6 is 0 Å². The predicted molar refractivity (Wildman–Crippen MR) is 100 cm³/mol. The molecule has 2 heterocycles. The summed E-state index contributed by atoms with van der Waals surface area (Å²) in [4.78, 5) is 37.0. The second-order valence-corrected chi connectivity index (χ2v) is 6.38. The van der Waals surface area contributed by atoms with Gasteiger partial charge in [-0.3, -0.25) is 19.1 Å². The first-order valence-electron chi connectivity index (χ1n) is 8.77. The molecule has 28 heavy (non-hydrogen) atoms. The van der Waals surface area contributed by atoms with Gasteiger partial charge in [0.25, 0.3) is 5.56 Å². The van der Waals surface area contributed by atoms with Crippen LogP contribution in [0.15, 0.2) is 58.3 Å². The predicted octanol–water partition coefficient (Wildman–Crippen LogP) is -0.624. The van der Waals surface area contributed by atoms with Crippen molar-refractivity contribution in [3.05, 3.63) is 75.1 Å². The lowest BCUT2D eigenvalue weighted by atomic mass is 10.1. The number of amides is 1. The molecule has 1 aliphatic heterocycles. The zero-order valence-corrected chi connectivity index (χ0v) is 14.9. The Morgan fingerprint density at radius 2 is 1.93 bits per heavy atom. The molecule has 9 heteroatoms. The van der Waals surface area contributed by atoms with E-state index >= 15 is 0 Å². The van der Waals surface area contributed by atoms with Gasteiger partial charge in [0.2, 0.25) is 5.91 Å². The third-order valence-electron chi connectivity index (χ3n) is 4.38. The topological polar surface area (TPSA) is 134 Å². The van der Waals surface area contributed by atoms with Crippen molar-refractivity contribution in [3.63, 3.8) is 0 Å². The number of nitrogens with zero attached hydrogens (tertiary/aromatic N) is 1. The van der Waals surface area contributed by atoms with E-state index in [0.29, 0.717) is 0 Å². The summed E-state index contributed by atoms with van der Waals surface area (Å²) in [5.41, 5.74) is -0.372. The molecule has 1 aromatic heterocycles. The monoisotopic (exact) mass is 387 g/mol. The summed E-state index contributed by atoms with van der Waals surface area (Å²) in [5.74, 6) is -0.276. The normalized spacial score (nSPS) is 24.5. The number of aromatic nitrogens is 2. The number of aliphatic hydroxyl groups is 2. The fourth-order valence-corrected chi connectivity index (χ4v) is 2.91. The number of hydrogen-bond donors (Lipinski definition) is 4. The Labute approximate surface area is 159 Å². The highest BCUT2D eigenvalue weighted by Gasteiger charge is 2.44. The number of benzene rings is 1. The molecule has 0 saturated carbocycles. The molecular formula is C19H21N3O6. The Bertz CT molecular complexity index is 952. The molecule has 4 N–H and O–H groups in total. The smallest absolute Gasteiger partial charge is 0.330 e. The highest BCUT2D eigenvalue weighted by molar-refractivity contribution is 5.78. The van der Waals surface area contributed by atoms with Crippen molar-refractivity contribution in [2.45, 2.75) is 31.0 Å². The van der Waals surface area contributed by atoms with Crippen LogP contribution in [-0.2, 0) is 9.53 Å². The lowest BCUT2D eigenvalue weighted by Crippen LogP contribution is -2.40. The lowest BCUT2D eigenvalue weighted by Gasteiger charge is -2.16. The van der Waals surface area contributed by atoms with Crippen molar-refractivity contribution in [2.75, 3.05) is 6.54 Å². The van der Waals surface area contributed by atoms with Crippen molar-refractivity contribution in [2.24, 2.45) is 0 Å². The molecule has 0 unspecified atom stereocenters. The maximum Gasteiger partial charge on any atom is 0.330 e. The first-order chi connectivity index (χ1) is 13.5. The summed E-state index contributed by atoms with van der Waals surface area (Å²) in [6, 6.07) is 10.6. The average Bonchev–Trinajstić information content (AvgIpc) is 2.96. The van der Waals surface area contributed by atoms with Gasteiger partial charge in [-0.2, -0.15) is 0 Å². The number of ether oxygens (including phenoxy) is 1. The third-order valence-corrected chi connectivity index (χ3v) is 4.38. The summed E-state index contributed by atoms with van der Waals surface area (Å²) in [7, 11) is 0. The maximum atomic E-state index is 12.0. The van der Waals surface area contributed by atoms with Gasteiger partial charge in [0.15, 0.2) is 6.23 Å². The number of aliphatic hydroxyl groups excluding tert-OH is 2. The minimum atomic E-state index is -1.39. The van der Waals surface area contributed by atoms with Gasteiger partial charge in [0.05, 0.1) is 0 Å². The van der Waals surface area contributed by atoms with E-state index in [9.17, 15) is 24.6 Å². The largest absolute Gasteiger partial charge is 0.387 e. The van der Waals surface area contributed by atoms with Crippen molar-refractivity contribution in [1.82, 2.24) is 14.9 Å². The highest BCUT2D eigenvalue weighted by Crippen LogP contribution is 2.27. The molecule has 0 aliphatic carbocycles. The molecule has 1 amide bonds. The molecule has 0 radical (unpaired) electrons. The molecule has 1 aliphatic rings. The van der Waals surface area contributed by atoms with Crippen molar-refractivity contribution < 1.29 is 19.7 Å². The highest BCUT2D eigenvalue weighted by atomic mass is 16.6. The first-order valence-corrected chi connectivity index (χ1v) is 8.77. The Morgan fingerprint density at radius 1 is 1.18 bits per heavy atom. The van der Waals surface area contributed by atoms with Gasteiger partial charge in [0.1, 0.15) is 18.3 Å². The molecular weight excluding hydrogens is 366 g/mol. The van der Waals surface area contributed by atoms with E-state index in [0.717, 1.165) is 16.2 Å². The number of carbonyl (C=O) groups is 1. The van der Waals surface area contributed by atoms with Gasteiger partial charge in [-0.15, -0.1) is 0 Å². The first kappa shape index (κ1) is 19.7. The van der Waals surface area contributed by atoms with E-state index in [2.05, 4.69) is 10.3 Å². The van der Waals surface area contributed by atoms with E-state index in [1.165, 1.54) is 6.20 Å². The van der Waals surface area contributed by atoms with Crippen molar-refractivity contribution in [1.29, 1.82) is 0 Å². The second-order valence-electron chi connectivity index (χ2n) is 6.38. The number of H-pyrrole nitrogens is 1. The molecule has 148 valence electrons. The van der Waals surface area contributed by atoms with E-state index in [1.54, 1.807) is 6.08 Å². The molecule has 1 aromatic carbocycles. The fraction of sp³-hybridized carbons (Fsp3) is 0.316. The van der Waals surface area contributed by atoms with Crippen LogP contribution in [0.4, 0.5) is 0 Å². The minimum Gasteiger partial charge on any atom is -0.387 e. The second kappa shape index (κ2) is 8.79. The van der Waals surface area contributed by atoms with Gasteiger partial charge >= 0.3 is 5.69 Å². The summed E-state index contributed by atoms with van der Waals surface area (Å²) in [5, 5.41) is 22.9. The Kier molecular flexibility index (Phi) is 6.19. The maximum absolute atomic E-state index is 12.0. The molecule has 9 nitrogen and oxygen atoms in total. The van der Waals surface area contributed by atoms with Crippen LogP contribution in [0.1, 0.15) is 18.2 Å². The Balaban J connectivity index is 1.54. The van der Waals surface area contributed by atoms with Gasteiger partial charge in [-0.05, 0) is 5.56 Å². The van der Waals surface area contributed by atoms with Crippen LogP contribution in [0.3, 0.4) is 0 Å². The molecule has 1 fully saturated rings. The third kappa shape index (κ3) is 4.63. The number of rotatable bonds is 6. The van der Waals surface area contributed by atoms with E-state index in [1.807, 2.05) is 36.4 Å². The van der Waals surface area contributed by atoms with E-state index < -0.39 is 35.8 Å². The van der Waals surface area contributed by atoms with Crippen LogP contribution in [-0.4, -0.2) is 50.5 Å². The summed E-state index contributed by atoms with van der Waals surface area (Å²) in [6.07, 6.45) is 0.101. The quantitative estimate of drug-likeness (QED) is 0.522. The van der Waals surface area contributed by atoms with Crippen LogP contribution in [0, 0.1) is 0 Å². The molecule has 3 rings (SSSR count). The lowest BCUT2D eigenvalue weighted by molar-refractivity contribution is -0.121. The molecule has 0 bridgehead atoms. The van der Waals surface area contributed by atoms with Crippen LogP contribution < -0.4 is 16.6 Å². The summed E-state index contributed by atoms with van der Waals surface area (Å²) < 4.78 is 6.51. The number of aromatic amines is 1. The van der Waals surface area contributed by atoms with Crippen LogP contribution in [0.2, 0.25) is 0 Å². The Morgan fingerprint density at radius 3 is 2.64 bits per heavy atom. The summed E-state index contributed by atoms with van der Waals surface area (Å²) >= 11 is 0. The summed E-state index contributed by atoms with van der Waals surface area (Å²) in [6.45, 7) is -0.0369. The molecule has 0 spiro atoms. The van der Waals surface area contributed by atoms with Gasteiger partial charge in [0, 0.05) is 25.2 Å². The van der Waals surface area contributed by atoms with Gasteiger partial charge in [-0.25, -0.2) is 4.79 Å².